The summed E-state index contributed by atoms with van der Waals surface area (Å²) in [6, 6.07) is 4.95. The Labute approximate surface area is 119 Å². The summed E-state index contributed by atoms with van der Waals surface area (Å²) in [5, 5.41) is 3.11. The topological polar surface area (TPSA) is 64.3 Å². The number of nitrogens with two attached hydrogens (primary N) is 1. The van der Waals surface area contributed by atoms with Crippen LogP contribution in [0.4, 0.5) is 11.4 Å². The zero-order valence-corrected chi connectivity index (χ0v) is 12.3. The number of nitrogens with one attached hydrogen (secondary N) is 1. The highest BCUT2D eigenvalue weighted by Gasteiger charge is 2.10. The predicted octanol–water partition coefficient (Wildman–Crippen LogP) is 3.31. The molecule has 1 aromatic rings. The van der Waals surface area contributed by atoms with Crippen molar-refractivity contribution in [3.05, 3.63) is 23.2 Å². The van der Waals surface area contributed by atoms with Gasteiger partial charge in [0.1, 0.15) is 6.61 Å². The number of rotatable bonds is 6. The molecule has 0 aromatic heterocycles. The minimum absolute atomic E-state index is 0.0224. The van der Waals surface area contributed by atoms with Crippen LogP contribution in [0, 0.1) is 5.92 Å². The fourth-order valence-corrected chi connectivity index (χ4v) is 2.01. The molecule has 0 bridgehead atoms. The fourth-order valence-electron chi connectivity index (χ4n) is 1.77. The molecule has 0 aliphatic rings. The van der Waals surface area contributed by atoms with Gasteiger partial charge in [0.2, 0.25) is 5.91 Å². The van der Waals surface area contributed by atoms with Crippen molar-refractivity contribution >= 4 is 28.9 Å². The largest absolute Gasteiger partial charge is 0.399 e. The second kappa shape index (κ2) is 7.36. The van der Waals surface area contributed by atoms with Gasteiger partial charge in [-0.2, -0.15) is 0 Å². The first-order chi connectivity index (χ1) is 8.88. The standard InChI is InChI=1S/C14H21ClN2O2/c1-9(2)6-10(3)19-8-14(18)17-13-5-4-11(16)7-12(13)15/h4-5,7,9-10H,6,8,16H2,1-3H3,(H,17,18). The second-order valence-electron chi connectivity index (χ2n) is 5.04. The number of anilines is 2. The van der Waals surface area contributed by atoms with Crippen LogP contribution in [0.25, 0.3) is 0 Å². The van der Waals surface area contributed by atoms with Crippen LogP contribution < -0.4 is 11.1 Å². The number of hydrogen-bond donors (Lipinski definition) is 2. The number of carbonyl (C=O) groups is 1. The minimum Gasteiger partial charge on any atom is -0.399 e. The van der Waals surface area contributed by atoms with Gasteiger partial charge in [-0.25, -0.2) is 0 Å². The van der Waals surface area contributed by atoms with Crippen molar-refractivity contribution in [2.45, 2.75) is 33.3 Å². The second-order valence-corrected chi connectivity index (χ2v) is 5.45. The Morgan fingerprint density at radius 1 is 1.42 bits per heavy atom. The van der Waals surface area contributed by atoms with E-state index in [1.807, 2.05) is 6.92 Å². The van der Waals surface area contributed by atoms with Gasteiger partial charge in [-0.05, 0) is 37.5 Å². The maximum Gasteiger partial charge on any atom is 0.250 e. The third-order valence-corrected chi connectivity index (χ3v) is 2.88. The van der Waals surface area contributed by atoms with Crippen molar-refractivity contribution in [3.63, 3.8) is 0 Å². The maximum absolute atomic E-state index is 11.7. The van der Waals surface area contributed by atoms with Crippen LogP contribution in [0.3, 0.4) is 0 Å². The summed E-state index contributed by atoms with van der Waals surface area (Å²) in [6.45, 7) is 6.22. The van der Waals surface area contributed by atoms with E-state index in [1.54, 1.807) is 18.2 Å². The quantitative estimate of drug-likeness (QED) is 0.788. The van der Waals surface area contributed by atoms with Crippen LogP contribution in [-0.2, 0) is 9.53 Å². The number of ether oxygens (including phenoxy) is 1. The first kappa shape index (κ1) is 15.8. The molecule has 0 aliphatic heterocycles. The minimum atomic E-state index is -0.220. The lowest BCUT2D eigenvalue weighted by Crippen LogP contribution is -2.22. The van der Waals surface area contributed by atoms with E-state index < -0.39 is 0 Å². The number of halogens is 1. The molecule has 0 saturated carbocycles. The number of benzene rings is 1. The van der Waals surface area contributed by atoms with E-state index in [0.717, 1.165) is 6.42 Å². The van der Waals surface area contributed by atoms with Crippen LogP contribution in [-0.4, -0.2) is 18.6 Å². The summed E-state index contributed by atoms with van der Waals surface area (Å²) < 4.78 is 5.47. The van der Waals surface area contributed by atoms with Crippen molar-refractivity contribution < 1.29 is 9.53 Å². The highest BCUT2D eigenvalue weighted by Crippen LogP contribution is 2.23. The molecule has 1 aromatic carbocycles. The van der Waals surface area contributed by atoms with Gasteiger partial charge in [-0.1, -0.05) is 25.4 Å². The van der Waals surface area contributed by atoms with Crippen LogP contribution >= 0.6 is 11.6 Å². The van der Waals surface area contributed by atoms with Gasteiger partial charge >= 0.3 is 0 Å². The predicted molar refractivity (Wildman–Crippen MR) is 79.4 cm³/mol. The highest BCUT2D eigenvalue weighted by atomic mass is 35.5. The van der Waals surface area contributed by atoms with Crippen molar-refractivity contribution in [3.8, 4) is 0 Å². The van der Waals surface area contributed by atoms with E-state index in [2.05, 4.69) is 19.2 Å². The molecule has 1 unspecified atom stereocenters. The van der Waals surface area contributed by atoms with Gasteiger partial charge < -0.3 is 15.8 Å². The number of amides is 1. The molecule has 1 amide bonds. The molecular formula is C14H21ClN2O2. The van der Waals surface area contributed by atoms with Crippen LogP contribution in [0.1, 0.15) is 27.2 Å². The number of carbonyl (C=O) groups excluding carboxylic acids is 1. The van der Waals surface area contributed by atoms with E-state index in [9.17, 15) is 4.79 Å². The molecule has 19 heavy (non-hydrogen) atoms. The summed E-state index contributed by atoms with van der Waals surface area (Å²) in [5.41, 5.74) is 6.68. The zero-order valence-electron chi connectivity index (χ0n) is 11.6. The molecule has 3 N–H and O–H groups in total. The average Bonchev–Trinajstić information content (AvgIpc) is 2.29. The lowest BCUT2D eigenvalue weighted by Gasteiger charge is -2.15. The van der Waals surface area contributed by atoms with E-state index in [0.29, 0.717) is 22.3 Å². The normalized spacial score (nSPS) is 12.5. The summed E-state index contributed by atoms with van der Waals surface area (Å²) >= 11 is 5.97. The molecule has 4 nitrogen and oxygen atoms in total. The maximum atomic E-state index is 11.7. The van der Waals surface area contributed by atoms with Gasteiger partial charge in [0, 0.05) is 5.69 Å². The molecule has 0 heterocycles. The van der Waals surface area contributed by atoms with Crippen molar-refractivity contribution in [1.82, 2.24) is 0 Å². The Balaban J connectivity index is 2.43. The molecule has 0 aliphatic carbocycles. The fraction of sp³-hybridized carbons (Fsp3) is 0.500. The summed E-state index contributed by atoms with van der Waals surface area (Å²) in [4.78, 5) is 11.7. The van der Waals surface area contributed by atoms with Gasteiger partial charge in [0.25, 0.3) is 0 Å². The zero-order chi connectivity index (χ0) is 14.4. The van der Waals surface area contributed by atoms with Crippen LogP contribution in [0.2, 0.25) is 5.02 Å². The Morgan fingerprint density at radius 3 is 2.68 bits per heavy atom. The SMILES string of the molecule is CC(C)CC(C)OCC(=O)Nc1ccc(N)cc1Cl. The Morgan fingerprint density at radius 2 is 2.11 bits per heavy atom. The molecule has 106 valence electrons. The molecular weight excluding hydrogens is 264 g/mol. The summed E-state index contributed by atoms with van der Waals surface area (Å²) in [7, 11) is 0. The van der Waals surface area contributed by atoms with E-state index in [4.69, 9.17) is 22.1 Å². The van der Waals surface area contributed by atoms with Gasteiger partial charge in [-0.15, -0.1) is 0 Å². The summed E-state index contributed by atoms with van der Waals surface area (Å²) in [6.07, 6.45) is 0.989. The Bertz CT molecular complexity index is 435. The Kier molecular flexibility index (Phi) is 6.12. The average molecular weight is 285 g/mol. The summed E-state index contributed by atoms with van der Waals surface area (Å²) in [5.74, 6) is 0.326. The van der Waals surface area contributed by atoms with Crippen LogP contribution in [0.5, 0.6) is 0 Å². The van der Waals surface area contributed by atoms with Gasteiger partial charge in [0.05, 0.1) is 16.8 Å². The molecule has 0 radical (unpaired) electrons. The third-order valence-electron chi connectivity index (χ3n) is 2.57. The van der Waals surface area contributed by atoms with Crippen molar-refractivity contribution in [2.75, 3.05) is 17.7 Å². The lowest BCUT2D eigenvalue weighted by atomic mass is 10.1. The molecule has 1 atom stereocenters. The van der Waals surface area contributed by atoms with E-state index in [-0.39, 0.29) is 18.6 Å². The first-order valence-electron chi connectivity index (χ1n) is 6.35. The smallest absolute Gasteiger partial charge is 0.250 e. The van der Waals surface area contributed by atoms with Gasteiger partial charge in [0.15, 0.2) is 0 Å². The molecule has 0 fully saturated rings. The van der Waals surface area contributed by atoms with Crippen molar-refractivity contribution in [1.29, 1.82) is 0 Å². The molecule has 0 saturated heterocycles. The van der Waals surface area contributed by atoms with E-state index in [1.165, 1.54) is 0 Å². The van der Waals surface area contributed by atoms with Crippen molar-refractivity contribution in [2.24, 2.45) is 5.92 Å². The lowest BCUT2D eigenvalue weighted by molar-refractivity contribution is -0.122. The van der Waals surface area contributed by atoms with E-state index >= 15 is 0 Å². The molecule has 0 spiro atoms. The monoisotopic (exact) mass is 284 g/mol. The Hall–Kier alpha value is -1.26. The molecule has 1 rings (SSSR count). The van der Waals surface area contributed by atoms with Crippen LogP contribution in [0.15, 0.2) is 18.2 Å². The molecule has 5 heteroatoms. The first-order valence-corrected chi connectivity index (χ1v) is 6.72. The van der Waals surface area contributed by atoms with Gasteiger partial charge in [-0.3, -0.25) is 4.79 Å². The number of hydrogen-bond acceptors (Lipinski definition) is 3. The highest BCUT2D eigenvalue weighted by molar-refractivity contribution is 6.34. The number of nitrogen functional groups attached to an aromatic ring is 1. The third kappa shape index (κ3) is 5.94.